The summed E-state index contributed by atoms with van der Waals surface area (Å²) in [6.45, 7) is 1.72. The van der Waals surface area contributed by atoms with Crippen LogP contribution >= 0.6 is 0 Å². The summed E-state index contributed by atoms with van der Waals surface area (Å²) in [5.74, 6) is -0.509. The lowest BCUT2D eigenvalue weighted by molar-refractivity contribution is -0.124. The van der Waals surface area contributed by atoms with E-state index in [0.29, 0.717) is 5.69 Å². The SMILES string of the molecule is CNC(=O)C(C)CN(C)S(=O)(=O)c1ccc(N)cc1OC. The average Bonchev–Trinajstić information content (AvgIpc) is 2.45. The number of nitrogens with zero attached hydrogens (tertiary/aromatic N) is 1. The molecule has 0 heterocycles. The lowest BCUT2D eigenvalue weighted by Gasteiger charge is -2.21. The molecule has 0 radical (unpaired) electrons. The minimum Gasteiger partial charge on any atom is -0.495 e. The number of ether oxygens (including phenoxy) is 1. The monoisotopic (exact) mass is 315 g/mol. The molecule has 3 N–H and O–H groups in total. The largest absolute Gasteiger partial charge is 0.495 e. The summed E-state index contributed by atoms with van der Waals surface area (Å²) in [6, 6.07) is 4.33. The Kier molecular flexibility index (Phi) is 5.56. The first-order valence-electron chi connectivity index (χ1n) is 6.35. The van der Waals surface area contributed by atoms with Crippen LogP contribution in [0.2, 0.25) is 0 Å². The Morgan fingerprint density at radius 1 is 1.48 bits per heavy atom. The third kappa shape index (κ3) is 3.85. The van der Waals surface area contributed by atoms with Gasteiger partial charge in [0, 0.05) is 38.3 Å². The number of amides is 1. The molecule has 0 spiro atoms. The van der Waals surface area contributed by atoms with E-state index in [1.54, 1.807) is 6.92 Å². The van der Waals surface area contributed by atoms with Crippen molar-refractivity contribution in [3.63, 3.8) is 0 Å². The highest BCUT2D eigenvalue weighted by Gasteiger charge is 2.27. The minimum absolute atomic E-state index is 0.0193. The summed E-state index contributed by atoms with van der Waals surface area (Å²) in [4.78, 5) is 11.5. The summed E-state index contributed by atoms with van der Waals surface area (Å²) >= 11 is 0. The van der Waals surface area contributed by atoms with Gasteiger partial charge in [0.25, 0.3) is 0 Å². The third-order valence-corrected chi connectivity index (χ3v) is 4.96. The van der Waals surface area contributed by atoms with Crippen molar-refractivity contribution in [3.05, 3.63) is 18.2 Å². The Labute approximate surface area is 125 Å². The van der Waals surface area contributed by atoms with Gasteiger partial charge < -0.3 is 15.8 Å². The molecule has 7 nitrogen and oxygen atoms in total. The Morgan fingerprint density at radius 2 is 2.10 bits per heavy atom. The van der Waals surface area contributed by atoms with Crippen LogP contribution in [0, 0.1) is 5.92 Å². The lowest BCUT2D eigenvalue weighted by atomic mass is 10.2. The van der Waals surface area contributed by atoms with Gasteiger partial charge in [0.15, 0.2) is 0 Å². The zero-order chi connectivity index (χ0) is 16.2. The van der Waals surface area contributed by atoms with E-state index in [1.165, 1.54) is 39.4 Å². The summed E-state index contributed by atoms with van der Waals surface area (Å²) in [5, 5.41) is 2.49. The fraction of sp³-hybridized carbons (Fsp3) is 0.462. The molecule has 0 saturated heterocycles. The van der Waals surface area contributed by atoms with E-state index in [1.807, 2.05) is 0 Å². The van der Waals surface area contributed by atoms with Gasteiger partial charge in [-0.25, -0.2) is 12.7 Å². The molecule has 1 aromatic carbocycles. The molecule has 0 fully saturated rings. The molecule has 1 unspecified atom stereocenters. The second-order valence-electron chi connectivity index (χ2n) is 4.71. The van der Waals surface area contributed by atoms with Crippen LogP contribution in [-0.2, 0) is 14.8 Å². The van der Waals surface area contributed by atoms with E-state index in [4.69, 9.17) is 10.5 Å². The van der Waals surface area contributed by atoms with Crippen molar-refractivity contribution in [2.45, 2.75) is 11.8 Å². The van der Waals surface area contributed by atoms with Gasteiger partial charge in [-0.1, -0.05) is 6.92 Å². The summed E-state index contributed by atoms with van der Waals surface area (Å²) in [6.07, 6.45) is 0. The number of nitrogens with one attached hydrogen (secondary N) is 1. The molecular formula is C13H21N3O4S. The molecule has 0 aliphatic carbocycles. The average molecular weight is 315 g/mol. The minimum atomic E-state index is -3.76. The Bertz CT molecular complexity index is 616. The Hall–Kier alpha value is -1.80. The molecule has 1 rings (SSSR count). The molecule has 1 amide bonds. The maximum absolute atomic E-state index is 12.5. The molecule has 0 bridgehead atoms. The van der Waals surface area contributed by atoms with Crippen molar-refractivity contribution < 1.29 is 17.9 Å². The van der Waals surface area contributed by atoms with E-state index in [0.717, 1.165) is 4.31 Å². The number of methoxy groups -OCH3 is 1. The molecule has 0 aliphatic rings. The van der Waals surface area contributed by atoms with Crippen LogP contribution in [0.3, 0.4) is 0 Å². The number of hydrogen-bond donors (Lipinski definition) is 2. The topological polar surface area (TPSA) is 102 Å². The first-order chi connectivity index (χ1) is 9.73. The number of nitrogen functional groups attached to an aromatic ring is 1. The molecule has 0 aliphatic heterocycles. The van der Waals surface area contributed by atoms with E-state index in [9.17, 15) is 13.2 Å². The molecular weight excluding hydrogens is 294 g/mol. The number of sulfonamides is 1. The van der Waals surface area contributed by atoms with E-state index >= 15 is 0 Å². The molecule has 8 heteroatoms. The number of carbonyl (C=O) groups is 1. The van der Waals surface area contributed by atoms with E-state index in [-0.39, 0.29) is 23.1 Å². The molecule has 0 saturated carbocycles. The predicted octanol–water partition coefficient (Wildman–Crippen LogP) is 0.280. The van der Waals surface area contributed by atoms with Crippen LogP contribution < -0.4 is 15.8 Å². The smallest absolute Gasteiger partial charge is 0.246 e. The van der Waals surface area contributed by atoms with Gasteiger partial charge >= 0.3 is 0 Å². The van der Waals surface area contributed by atoms with Gasteiger partial charge in [0.1, 0.15) is 10.6 Å². The lowest BCUT2D eigenvalue weighted by Crippen LogP contribution is -2.37. The maximum Gasteiger partial charge on any atom is 0.246 e. The highest BCUT2D eigenvalue weighted by molar-refractivity contribution is 7.89. The normalized spacial score (nSPS) is 13.0. The highest BCUT2D eigenvalue weighted by Crippen LogP contribution is 2.28. The molecule has 0 aromatic heterocycles. The van der Waals surface area contributed by atoms with Crippen LogP contribution in [0.5, 0.6) is 5.75 Å². The number of benzene rings is 1. The summed E-state index contributed by atoms with van der Waals surface area (Å²) in [5.41, 5.74) is 6.03. The quantitative estimate of drug-likeness (QED) is 0.734. The maximum atomic E-state index is 12.5. The van der Waals surface area contributed by atoms with Gasteiger partial charge in [0.05, 0.1) is 7.11 Å². The van der Waals surface area contributed by atoms with Crippen molar-refractivity contribution in [2.75, 3.05) is 33.5 Å². The predicted molar refractivity (Wildman–Crippen MR) is 80.5 cm³/mol. The van der Waals surface area contributed by atoms with Gasteiger partial charge in [-0.15, -0.1) is 0 Å². The van der Waals surface area contributed by atoms with Crippen LogP contribution in [0.25, 0.3) is 0 Å². The number of nitrogens with two attached hydrogens (primary N) is 1. The molecule has 1 aromatic rings. The summed E-state index contributed by atoms with van der Waals surface area (Å²) in [7, 11) is 0.545. The van der Waals surface area contributed by atoms with Crippen molar-refractivity contribution in [2.24, 2.45) is 5.92 Å². The van der Waals surface area contributed by atoms with Gasteiger partial charge in [-0.3, -0.25) is 4.79 Å². The van der Waals surface area contributed by atoms with E-state index in [2.05, 4.69) is 5.32 Å². The highest BCUT2D eigenvalue weighted by atomic mass is 32.2. The second-order valence-corrected chi connectivity index (χ2v) is 6.72. The van der Waals surface area contributed by atoms with Crippen molar-refractivity contribution in [1.82, 2.24) is 9.62 Å². The van der Waals surface area contributed by atoms with Crippen molar-refractivity contribution in [3.8, 4) is 5.75 Å². The Balaban J connectivity index is 3.08. The van der Waals surface area contributed by atoms with Crippen LogP contribution in [0.1, 0.15) is 6.92 Å². The van der Waals surface area contributed by atoms with Crippen molar-refractivity contribution >= 4 is 21.6 Å². The standard InChI is InChI=1S/C13H21N3O4S/c1-9(13(17)15-2)8-16(3)21(18,19)12-6-5-10(14)7-11(12)20-4/h5-7,9H,8,14H2,1-4H3,(H,15,17). The van der Waals surface area contributed by atoms with Gasteiger partial charge in [-0.05, 0) is 12.1 Å². The van der Waals surface area contributed by atoms with Crippen LogP contribution in [0.4, 0.5) is 5.69 Å². The number of hydrogen-bond acceptors (Lipinski definition) is 5. The number of rotatable bonds is 6. The summed E-state index contributed by atoms with van der Waals surface area (Å²) < 4.78 is 31.3. The first-order valence-corrected chi connectivity index (χ1v) is 7.79. The first kappa shape index (κ1) is 17.3. The zero-order valence-corrected chi connectivity index (χ0v) is 13.4. The fourth-order valence-electron chi connectivity index (χ4n) is 1.88. The molecule has 118 valence electrons. The van der Waals surface area contributed by atoms with Crippen molar-refractivity contribution in [1.29, 1.82) is 0 Å². The Morgan fingerprint density at radius 3 is 2.62 bits per heavy atom. The molecule has 1 atom stereocenters. The number of carbonyl (C=O) groups excluding carboxylic acids is 1. The van der Waals surface area contributed by atoms with Crippen LogP contribution in [0.15, 0.2) is 23.1 Å². The van der Waals surface area contributed by atoms with E-state index < -0.39 is 15.9 Å². The van der Waals surface area contributed by atoms with Gasteiger partial charge in [-0.2, -0.15) is 0 Å². The van der Waals surface area contributed by atoms with Crippen LogP contribution in [-0.4, -0.2) is 46.4 Å². The fourth-order valence-corrected chi connectivity index (χ4v) is 3.27. The zero-order valence-electron chi connectivity index (χ0n) is 12.6. The number of anilines is 1. The second kappa shape index (κ2) is 6.77. The third-order valence-electron chi connectivity index (χ3n) is 3.10. The van der Waals surface area contributed by atoms with Gasteiger partial charge in [0.2, 0.25) is 15.9 Å². The molecule has 21 heavy (non-hydrogen) atoms.